The van der Waals surface area contributed by atoms with Crippen LogP contribution in [0.25, 0.3) is 0 Å². The summed E-state index contributed by atoms with van der Waals surface area (Å²) in [6.07, 6.45) is 1.70. The molecule has 2 aromatic carbocycles. The van der Waals surface area contributed by atoms with Gasteiger partial charge in [0.1, 0.15) is 0 Å². The number of ether oxygens (including phenoxy) is 1. The zero-order valence-electron chi connectivity index (χ0n) is 14.9. The van der Waals surface area contributed by atoms with E-state index < -0.39 is 11.7 Å². The van der Waals surface area contributed by atoms with Gasteiger partial charge in [-0.3, -0.25) is 9.59 Å². The summed E-state index contributed by atoms with van der Waals surface area (Å²) in [5, 5.41) is 2.84. The zero-order chi connectivity index (χ0) is 19.5. The molecular weight excluding hydrogens is 359 g/mol. The summed E-state index contributed by atoms with van der Waals surface area (Å²) in [7, 11) is 0. The molecule has 1 N–H and O–H groups in total. The van der Waals surface area contributed by atoms with Gasteiger partial charge in [-0.15, -0.1) is 0 Å². The standard InChI is InChI=1S/C22H17FN2O3/c23-18-9-3-4-10-20(18)28-22-14(6-5-11-24-22)13-25-21(27)17-12-19(26)16-8-2-1-7-15(16)17/h1-11,17H,12-13H2,(H,25,27)/t17-/m1/s1. The Kier molecular flexibility index (Phi) is 4.85. The van der Waals surface area contributed by atoms with Gasteiger partial charge in [0.2, 0.25) is 11.8 Å². The molecule has 1 amide bonds. The van der Waals surface area contributed by atoms with Gasteiger partial charge >= 0.3 is 0 Å². The number of hydrogen-bond donors (Lipinski definition) is 1. The van der Waals surface area contributed by atoms with E-state index in [4.69, 9.17) is 4.74 Å². The van der Waals surface area contributed by atoms with Crippen LogP contribution in [0.1, 0.15) is 33.8 Å². The van der Waals surface area contributed by atoms with E-state index in [0.717, 1.165) is 5.56 Å². The summed E-state index contributed by atoms with van der Waals surface area (Å²) in [6, 6.07) is 16.7. The third kappa shape index (κ3) is 3.49. The van der Waals surface area contributed by atoms with Crippen molar-refractivity contribution in [2.24, 2.45) is 0 Å². The average Bonchev–Trinajstić information content (AvgIpc) is 3.06. The number of rotatable bonds is 5. The summed E-state index contributed by atoms with van der Waals surface area (Å²) in [5.41, 5.74) is 1.96. The minimum absolute atomic E-state index is 0.0271. The molecule has 4 rings (SSSR count). The number of halogens is 1. The maximum Gasteiger partial charge on any atom is 0.228 e. The molecule has 3 aromatic rings. The number of carbonyl (C=O) groups excluding carboxylic acids is 2. The van der Waals surface area contributed by atoms with Gasteiger partial charge < -0.3 is 10.1 Å². The molecule has 0 saturated carbocycles. The second-order valence-electron chi connectivity index (χ2n) is 6.49. The largest absolute Gasteiger partial charge is 0.436 e. The minimum Gasteiger partial charge on any atom is -0.436 e. The maximum absolute atomic E-state index is 13.8. The SMILES string of the molecule is O=C1C[C@@H](C(=O)NCc2cccnc2Oc2ccccc2F)c2ccccc21. The van der Waals surface area contributed by atoms with E-state index in [1.807, 2.05) is 6.07 Å². The number of hydrogen-bond acceptors (Lipinski definition) is 4. The molecule has 0 unspecified atom stereocenters. The highest BCUT2D eigenvalue weighted by atomic mass is 19.1. The van der Waals surface area contributed by atoms with E-state index >= 15 is 0 Å². The summed E-state index contributed by atoms with van der Waals surface area (Å²) in [5.74, 6) is -0.986. The molecule has 1 aromatic heterocycles. The molecule has 0 saturated heterocycles. The van der Waals surface area contributed by atoms with Gasteiger partial charge in [-0.1, -0.05) is 42.5 Å². The number of benzene rings is 2. The van der Waals surface area contributed by atoms with E-state index in [1.54, 1.807) is 42.5 Å². The maximum atomic E-state index is 13.8. The summed E-state index contributed by atoms with van der Waals surface area (Å²) in [4.78, 5) is 28.9. The third-order valence-electron chi connectivity index (χ3n) is 4.69. The number of amides is 1. The van der Waals surface area contributed by atoms with Crippen molar-refractivity contribution in [3.05, 3.63) is 89.4 Å². The molecule has 28 heavy (non-hydrogen) atoms. The number of ketones is 1. The Bertz CT molecular complexity index is 1050. The highest BCUT2D eigenvalue weighted by Gasteiger charge is 2.33. The van der Waals surface area contributed by atoms with Crippen LogP contribution in [0, 0.1) is 5.82 Å². The molecular formula is C22H17FN2O3. The van der Waals surface area contributed by atoms with Crippen LogP contribution < -0.4 is 10.1 Å². The summed E-state index contributed by atoms with van der Waals surface area (Å²) < 4.78 is 19.4. The van der Waals surface area contributed by atoms with Crippen LogP contribution in [-0.2, 0) is 11.3 Å². The first kappa shape index (κ1) is 17.9. The summed E-state index contributed by atoms with van der Waals surface area (Å²) in [6.45, 7) is 0.156. The van der Waals surface area contributed by atoms with Gasteiger partial charge in [-0.25, -0.2) is 9.37 Å². The Morgan fingerprint density at radius 1 is 1.11 bits per heavy atom. The lowest BCUT2D eigenvalue weighted by atomic mass is 10.0. The molecule has 1 aliphatic carbocycles. The minimum atomic E-state index is -0.503. The normalized spacial score (nSPS) is 15.2. The van der Waals surface area contributed by atoms with Gasteiger partial charge in [0.05, 0.1) is 5.92 Å². The Morgan fingerprint density at radius 2 is 1.89 bits per heavy atom. The molecule has 0 spiro atoms. The fraction of sp³-hybridized carbons (Fsp3) is 0.136. The second-order valence-corrected chi connectivity index (χ2v) is 6.49. The van der Waals surface area contributed by atoms with Crippen molar-refractivity contribution >= 4 is 11.7 Å². The number of pyridine rings is 1. The first-order valence-corrected chi connectivity index (χ1v) is 8.89. The highest BCUT2D eigenvalue weighted by Crippen LogP contribution is 2.33. The zero-order valence-corrected chi connectivity index (χ0v) is 14.9. The molecule has 6 heteroatoms. The van der Waals surface area contributed by atoms with Gasteiger partial charge in [-0.05, 0) is 23.8 Å². The number of Topliss-reactive ketones (excluding diaryl/α,β-unsaturated/α-hetero) is 1. The smallest absolute Gasteiger partial charge is 0.228 e. The third-order valence-corrected chi connectivity index (χ3v) is 4.69. The van der Waals surface area contributed by atoms with Crippen molar-refractivity contribution in [1.82, 2.24) is 10.3 Å². The fourth-order valence-electron chi connectivity index (χ4n) is 3.28. The first-order valence-electron chi connectivity index (χ1n) is 8.89. The lowest BCUT2D eigenvalue weighted by Crippen LogP contribution is -2.28. The van der Waals surface area contributed by atoms with Gasteiger partial charge in [0.15, 0.2) is 17.3 Å². The van der Waals surface area contributed by atoms with Crippen LogP contribution in [0.15, 0.2) is 66.9 Å². The Labute approximate surface area is 161 Å². The number of para-hydroxylation sites is 1. The Balaban J connectivity index is 1.48. The van der Waals surface area contributed by atoms with Crippen LogP contribution in [0.5, 0.6) is 11.6 Å². The predicted octanol–water partition coefficient (Wildman–Crippen LogP) is 4.00. The van der Waals surface area contributed by atoms with E-state index in [0.29, 0.717) is 11.1 Å². The predicted molar refractivity (Wildman–Crippen MR) is 101 cm³/mol. The topological polar surface area (TPSA) is 68.3 Å². The van der Waals surface area contributed by atoms with Crippen LogP contribution >= 0.6 is 0 Å². The van der Waals surface area contributed by atoms with Crippen molar-refractivity contribution in [3.63, 3.8) is 0 Å². The molecule has 1 aliphatic rings. The highest BCUT2D eigenvalue weighted by molar-refractivity contribution is 6.06. The quantitative estimate of drug-likeness (QED) is 0.731. The molecule has 140 valence electrons. The number of nitrogens with one attached hydrogen (secondary N) is 1. The monoisotopic (exact) mass is 376 g/mol. The van der Waals surface area contributed by atoms with Crippen LogP contribution in [0.3, 0.4) is 0 Å². The van der Waals surface area contributed by atoms with Gasteiger partial charge in [0.25, 0.3) is 0 Å². The number of nitrogens with zero attached hydrogens (tertiary/aromatic N) is 1. The lowest BCUT2D eigenvalue weighted by Gasteiger charge is -2.14. The van der Waals surface area contributed by atoms with Crippen molar-refractivity contribution in [3.8, 4) is 11.6 Å². The first-order chi connectivity index (χ1) is 13.6. The number of aromatic nitrogens is 1. The Morgan fingerprint density at radius 3 is 2.75 bits per heavy atom. The lowest BCUT2D eigenvalue weighted by molar-refractivity contribution is -0.122. The van der Waals surface area contributed by atoms with E-state index in [2.05, 4.69) is 10.3 Å². The van der Waals surface area contributed by atoms with Crippen molar-refractivity contribution in [2.75, 3.05) is 0 Å². The summed E-state index contributed by atoms with van der Waals surface area (Å²) >= 11 is 0. The van der Waals surface area contributed by atoms with E-state index in [1.165, 1.54) is 18.3 Å². The van der Waals surface area contributed by atoms with Gasteiger partial charge in [-0.2, -0.15) is 0 Å². The fourth-order valence-corrected chi connectivity index (χ4v) is 3.28. The molecule has 0 aliphatic heterocycles. The molecule has 5 nitrogen and oxygen atoms in total. The van der Waals surface area contributed by atoms with E-state index in [9.17, 15) is 14.0 Å². The van der Waals surface area contributed by atoms with Crippen LogP contribution in [-0.4, -0.2) is 16.7 Å². The van der Waals surface area contributed by atoms with Crippen LogP contribution in [0.2, 0.25) is 0 Å². The van der Waals surface area contributed by atoms with E-state index in [-0.39, 0.29) is 36.3 Å². The molecule has 1 atom stereocenters. The molecule has 0 bridgehead atoms. The van der Waals surface area contributed by atoms with Gasteiger partial charge in [0, 0.05) is 30.3 Å². The van der Waals surface area contributed by atoms with Crippen molar-refractivity contribution < 1.29 is 18.7 Å². The van der Waals surface area contributed by atoms with Crippen LogP contribution in [0.4, 0.5) is 4.39 Å². The Hall–Kier alpha value is -3.54. The number of fused-ring (bicyclic) bond motifs is 1. The average molecular weight is 376 g/mol. The van der Waals surface area contributed by atoms with Crippen molar-refractivity contribution in [1.29, 1.82) is 0 Å². The molecule has 0 radical (unpaired) electrons. The van der Waals surface area contributed by atoms with Crippen molar-refractivity contribution in [2.45, 2.75) is 18.9 Å². The molecule has 0 fully saturated rings. The number of carbonyl (C=O) groups is 2. The second kappa shape index (κ2) is 7.60. The molecule has 1 heterocycles.